The van der Waals surface area contributed by atoms with Gasteiger partial charge in [0.25, 0.3) is 0 Å². The number of Topliss-reactive ketones (excluding diaryl/α,β-unsaturated/α-hetero) is 1. The highest BCUT2D eigenvalue weighted by atomic mass is 16.5. The van der Waals surface area contributed by atoms with E-state index in [1.54, 1.807) is 0 Å². The van der Waals surface area contributed by atoms with E-state index in [-0.39, 0.29) is 11.9 Å². The van der Waals surface area contributed by atoms with E-state index >= 15 is 0 Å². The normalized spacial score (nSPS) is 21.0. The van der Waals surface area contributed by atoms with E-state index < -0.39 is 0 Å². The highest BCUT2D eigenvalue weighted by molar-refractivity contribution is 6.09. The van der Waals surface area contributed by atoms with Crippen LogP contribution >= 0.6 is 0 Å². The lowest BCUT2D eigenvalue weighted by Crippen LogP contribution is -2.35. The average molecular weight is 404 g/mol. The minimum atomic E-state index is 0.217. The topological polar surface area (TPSA) is 29.5 Å². The van der Waals surface area contributed by atoms with Gasteiger partial charge in [-0.3, -0.25) is 4.79 Å². The van der Waals surface area contributed by atoms with Gasteiger partial charge < -0.3 is 9.64 Å². The Morgan fingerprint density at radius 2 is 1.77 bits per heavy atom. The lowest BCUT2D eigenvalue weighted by molar-refractivity contribution is 0.0483. The third kappa shape index (κ3) is 4.84. The first kappa shape index (κ1) is 20.9. The van der Waals surface area contributed by atoms with Gasteiger partial charge in [-0.25, -0.2) is 0 Å². The quantitative estimate of drug-likeness (QED) is 0.371. The summed E-state index contributed by atoms with van der Waals surface area (Å²) in [4.78, 5) is 15.8. The molecule has 0 saturated carbocycles. The fourth-order valence-corrected chi connectivity index (χ4v) is 4.86. The zero-order valence-electron chi connectivity index (χ0n) is 18.1. The molecule has 2 heterocycles. The summed E-state index contributed by atoms with van der Waals surface area (Å²) in [5.74, 6) is 0.217. The van der Waals surface area contributed by atoms with Gasteiger partial charge in [-0.15, -0.1) is 0 Å². The van der Waals surface area contributed by atoms with E-state index in [0.717, 1.165) is 49.8 Å². The Balaban J connectivity index is 1.50. The molecule has 4 rings (SSSR count). The number of ether oxygens (including phenoxy) is 1. The number of carbonyl (C=O) groups excluding carboxylic acids is 1. The first-order valence-corrected chi connectivity index (χ1v) is 11.5. The second kappa shape index (κ2) is 10.1. The van der Waals surface area contributed by atoms with Crippen LogP contribution in [0.4, 0.5) is 0 Å². The molecule has 2 aliphatic heterocycles. The number of nitrogens with zero attached hydrogens (tertiary/aromatic N) is 1. The van der Waals surface area contributed by atoms with Gasteiger partial charge in [0, 0.05) is 29.4 Å². The van der Waals surface area contributed by atoms with Crippen molar-refractivity contribution in [2.24, 2.45) is 0 Å². The number of ketones is 1. The molecule has 2 aromatic carbocycles. The van der Waals surface area contributed by atoms with Crippen molar-refractivity contribution in [1.82, 2.24) is 4.90 Å². The molecule has 0 N–H and O–H groups in total. The summed E-state index contributed by atoms with van der Waals surface area (Å²) >= 11 is 0. The highest BCUT2D eigenvalue weighted by Gasteiger charge is 2.38. The molecule has 0 unspecified atom stereocenters. The molecule has 2 aliphatic rings. The van der Waals surface area contributed by atoms with E-state index in [4.69, 9.17) is 4.74 Å². The molecule has 0 aliphatic carbocycles. The maximum atomic E-state index is 13.3. The lowest BCUT2D eigenvalue weighted by atomic mass is 9.89. The fourth-order valence-electron chi connectivity index (χ4n) is 4.86. The maximum absolute atomic E-state index is 13.3. The largest absolute Gasteiger partial charge is 0.372 e. The van der Waals surface area contributed by atoms with Crippen LogP contribution in [0.2, 0.25) is 0 Å². The van der Waals surface area contributed by atoms with Gasteiger partial charge in [0.2, 0.25) is 0 Å². The Kier molecular flexibility index (Phi) is 7.01. The van der Waals surface area contributed by atoms with Crippen LogP contribution in [0.1, 0.15) is 67.8 Å². The number of fused-ring (bicyclic) bond motifs is 1. The predicted molar refractivity (Wildman–Crippen MR) is 121 cm³/mol. The van der Waals surface area contributed by atoms with Crippen molar-refractivity contribution >= 4 is 5.78 Å². The minimum Gasteiger partial charge on any atom is -0.372 e. The van der Waals surface area contributed by atoms with Crippen molar-refractivity contribution < 1.29 is 9.53 Å². The van der Waals surface area contributed by atoms with Crippen molar-refractivity contribution in [3.63, 3.8) is 0 Å². The monoisotopic (exact) mass is 403 g/mol. The van der Waals surface area contributed by atoms with Crippen molar-refractivity contribution in [2.45, 2.75) is 70.6 Å². The molecule has 2 aromatic rings. The van der Waals surface area contributed by atoms with Crippen LogP contribution in [0.15, 0.2) is 71.9 Å². The summed E-state index contributed by atoms with van der Waals surface area (Å²) in [6.45, 7) is 3.80. The van der Waals surface area contributed by atoms with E-state index in [2.05, 4.69) is 36.1 Å². The van der Waals surface area contributed by atoms with Crippen molar-refractivity contribution in [2.75, 3.05) is 6.54 Å². The Morgan fingerprint density at radius 3 is 2.50 bits per heavy atom. The molecule has 3 heteroatoms. The molecular weight excluding hydrogens is 370 g/mol. The van der Waals surface area contributed by atoms with Crippen LogP contribution < -0.4 is 0 Å². The number of allylic oxidation sites excluding steroid dienone is 2. The molecular formula is C27H33NO2. The summed E-state index contributed by atoms with van der Waals surface area (Å²) in [5.41, 5.74) is 4.37. The second-order valence-corrected chi connectivity index (χ2v) is 8.58. The van der Waals surface area contributed by atoms with Crippen molar-refractivity contribution in [1.29, 1.82) is 0 Å². The summed E-state index contributed by atoms with van der Waals surface area (Å²) in [5, 5.41) is 0. The lowest BCUT2D eigenvalue weighted by Gasteiger charge is -2.35. The van der Waals surface area contributed by atoms with Gasteiger partial charge in [0.1, 0.15) is 0 Å². The van der Waals surface area contributed by atoms with Crippen LogP contribution in [0, 0.1) is 0 Å². The number of hydrogen-bond donors (Lipinski definition) is 0. The fraction of sp³-hybridized carbons (Fsp3) is 0.444. The van der Waals surface area contributed by atoms with E-state index in [9.17, 15) is 4.79 Å². The molecule has 0 amide bonds. The average Bonchev–Trinajstić information content (AvgIpc) is 3.22. The van der Waals surface area contributed by atoms with Gasteiger partial charge in [0.15, 0.2) is 5.78 Å². The zero-order chi connectivity index (χ0) is 20.8. The Labute approximate surface area is 180 Å². The van der Waals surface area contributed by atoms with E-state index in [1.165, 1.54) is 24.1 Å². The number of rotatable bonds is 9. The third-order valence-electron chi connectivity index (χ3n) is 6.45. The second-order valence-electron chi connectivity index (χ2n) is 8.58. The molecule has 1 fully saturated rings. The Morgan fingerprint density at radius 1 is 1.03 bits per heavy atom. The minimum absolute atomic E-state index is 0.217. The SMILES string of the molecule is CCCCCC1=C(C(=O)c2ccccc2)CC[C@H]2C[C@@H](OCc3ccccc3)CN12. The standard InChI is InChI=1S/C27H33NO2/c1-2-3-6-15-26-25(27(29)22-13-9-5-10-14-22)17-16-23-18-24(19-28(23)26)30-20-21-11-7-4-8-12-21/h4-5,7-14,23-24H,2-3,6,15-20H2,1H3/t23-,24+/m0/s1. The molecule has 0 aromatic heterocycles. The third-order valence-corrected chi connectivity index (χ3v) is 6.45. The van der Waals surface area contributed by atoms with E-state index in [1.807, 2.05) is 36.4 Å². The van der Waals surface area contributed by atoms with Crippen molar-refractivity contribution in [3.8, 4) is 0 Å². The van der Waals surface area contributed by atoms with Crippen LogP contribution in [0.3, 0.4) is 0 Å². The number of benzene rings is 2. The van der Waals surface area contributed by atoms with Crippen molar-refractivity contribution in [3.05, 3.63) is 83.1 Å². The summed E-state index contributed by atoms with van der Waals surface area (Å²) < 4.78 is 6.29. The highest BCUT2D eigenvalue weighted by Crippen LogP contribution is 2.38. The Bertz CT molecular complexity index is 859. The predicted octanol–water partition coefficient (Wildman–Crippen LogP) is 6.16. The zero-order valence-corrected chi connectivity index (χ0v) is 18.1. The van der Waals surface area contributed by atoms with E-state index in [0.29, 0.717) is 12.6 Å². The summed E-state index contributed by atoms with van der Waals surface area (Å²) in [6.07, 6.45) is 7.81. The van der Waals surface area contributed by atoms with Crippen LogP contribution in [-0.2, 0) is 11.3 Å². The molecule has 0 radical (unpaired) electrons. The molecule has 1 saturated heterocycles. The first-order valence-electron chi connectivity index (χ1n) is 11.5. The molecule has 2 atom stereocenters. The van der Waals surface area contributed by atoms with Gasteiger partial charge in [0.05, 0.1) is 12.7 Å². The molecule has 0 spiro atoms. The van der Waals surface area contributed by atoms with Gasteiger partial charge in [-0.2, -0.15) is 0 Å². The molecule has 3 nitrogen and oxygen atoms in total. The summed E-state index contributed by atoms with van der Waals surface area (Å²) in [6, 6.07) is 20.7. The van der Waals surface area contributed by atoms with Gasteiger partial charge >= 0.3 is 0 Å². The number of carbonyl (C=O) groups is 1. The number of unbranched alkanes of at least 4 members (excludes halogenated alkanes) is 2. The maximum Gasteiger partial charge on any atom is 0.190 e. The summed E-state index contributed by atoms with van der Waals surface area (Å²) in [7, 11) is 0. The van der Waals surface area contributed by atoms with Crippen LogP contribution in [-0.4, -0.2) is 29.4 Å². The number of hydrogen-bond acceptors (Lipinski definition) is 3. The van der Waals surface area contributed by atoms with Crippen LogP contribution in [0.25, 0.3) is 0 Å². The van der Waals surface area contributed by atoms with Gasteiger partial charge in [-0.05, 0) is 37.7 Å². The first-order chi connectivity index (χ1) is 14.8. The molecule has 30 heavy (non-hydrogen) atoms. The molecule has 0 bridgehead atoms. The van der Waals surface area contributed by atoms with Crippen LogP contribution in [0.5, 0.6) is 0 Å². The molecule has 158 valence electrons. The smallest absolute Gasteiger partial charge is 0.190 e. The Hall–Kier alpha value is -2.39. The van der Waals surface area contributed by atoms with Gasteiger partial charge in [-0.1, -0.05) is 80.4 Å².